The molecule has 0 radical (unpaired) electrons. The SMILES string of the molecule is CS(=O)(=O)CS(=O)(=O)Nc1ccc(OCC#N)cc1. The largest absolute Gasteiger partial charge is 0.479 e. The van der Waals surface area contributed by atoms with Gasteiger partial charge in [-0.2, -0.15) is 5.26 Å². The molecule has 1 aromatic carbocycles. The maximum absolute atomic E-state index is 11.5. The highest BCUT2D eigenvalue weighted by atomic mass is 32.3. The second-order valence-corrected chi connectivity index (χ2v) is 7.96. The van der Waals surface area contributed by atoms with Crippen LogP contribution >= 0.6 is 0 Å². The number of ether oxygens (including phenoxy) is 1. The number of hydrogen-bond donors (Lipinski definition) is 1. The van der Waals surface area contributed by atoms with E-state index >= 15 is 0 Å². The van der Waals surface area contributed by atoms with E-state index in [1.807, 2.05) is 0 Å². The van der Waals surface area contributed by atoms with Gasteiger partial charge in [-0.05, 0) is 24.3 Å². The molecule has 19 heavy (non-hydrogen) atoms. The molecular weight excluding hydrogens is 292 g/mol. The van der Waals surface area contributed by atoms with E-state index in [1.54, 1.807) is 6.07 Å². The van der Waals surface area contributed by atoms with Gasteiger partial charge in [0, 0.05) is 11.9 Å². The number of benzene rings is 1. The van der Waals surface area contributed by atoms with Gasteiger partial charge in [-0.25, -0.2) is 16.8 Å². The third kappa shape index (κ3) is 6.08. The normalized spacial score (nSPS) is 11.6. The molecule has 1 rings (SSSR count). The first kappa shape index (κ1) is 15.3. The van der Waals surface area contributed by atoms with Crippen molar-refractivity contribution >= 4 is 25.5 Å². The molecule has 1 aromatic rings. The van der Waals surface area contributed by atoms with Gasteiger partial charge in [0.1, 0.15) is 11.8 Å². The molecule has 0 heterocycles. The highest BCUT2D eigenvalue weighted by Gasteiger charge is 2.17. The van der Waals surface area contributed by atoms with Gasteiger partial charge in [0.25, 0.3) is 0 Å². The Morgan fingerprint density at radius 1 is 1.21 bits per heavy atom. The van der Waals surface area contributed by atoms with Gasteiger partial charge in [-0.3, -0.25) is 4.72 Å². The van der Waals surface area contributed by atoms with E-state index in [1.165, 1.54) is 24.3 Å². The second kappa shape index (κ2) is 5.90. The van der Waals surface area contributed by atoms with Crippen LogP contribution in [0.3, 0.4) is 0 Å². The molecule has 1 N–H and O–H groups in total. The van der Waals surface area contributed by atoms with Crippen LogP contribution in [0.2, 0.25) is 0 Å². The Balaban J connectivity index is 2.76. The second-order valence-electron chi connectivity index (χ2n) is 3.73. The third-order valence-electron chi connectivity index (χ3n) is 1.80. The fourth-order valence-electron chi connectivity index (χ4n) is 1.23. The van der Waals surface area contributed by atoms with Crippen LogP contribution in [-0.4, -0.2) is 34.8 Å². The number of rotatable bonds is 6. The molecule has 104 valence electrons. The lowest BCUT2D eigenvalue weighted by Crippen LogP contribution is -2.22. The van der Waals surface area contributed by atoms with Gasteiger partial charge in [0.2, 0.25) is 10.0 Å². The van der Waals surface area contributed by atoms with Gasteiger partial charge in [0.05, 0.1) is 0 Å². The van der Waals surface area contributed by atoms with Crippen molar-refractivity contribution in [3.63, 3.8) is 0 Å². The minimum absolute atomic E-state index is 0.112. The highest BCUT2D eigenvalue weighted by molar-refractivity contribution is 8.08. The zero-order valence-electron chi connectivity index (χ0n) is 10.0. The Bertz CT molecular complexity index is 672. The molecule has 0 fully saturated rings. The van der Waals surface area contributed by atoms with Crippen LogP contribution in [0.1, 0.15) is 0 Å². The van der Waals surface area contributed by atoms with Crippen LogP contribution in [0.25, 0.3) is 0 Å². The molecule has 0 bridgehead atoms. The molecule has 0 saturated carbocycles. The number of nitriles is 1. The maximum atomic E-state index is 11.5. The van der Waals surface area contributed by atoms with E-state index in [0.29, 0.717) is 5.75 Å². The van der Waals surface area contributed by atoms with Crippen molar-refractivity contribution in [3.05, 3.63) is 24.3 Å². The average molecular weight is 304 g/mol. The van der Waals surface area contributed by atoms with E-state index in [4.69, 9.17) is 10.00 Å². The van der Waals surface area contributed by atoms with Gasteiger partial charge >= 0.3 is 0 Å². The maximum Gasteiger partial charge on any atom is 0.247 e. The molecule has 9 heteroatoms. The summed E-state index contributed by atoms with van der Waals surface area (Å²) >= 11 is 0. The predicted octanol–water partition coefficient (Wildman–Crippen LogP) is 0.333. The van der Waals surface area contributed by atoms with Crippen molar-refractivity contribution < 1.29 is 21.6 Å². The summed E-state index contributed by atoms with van der Waals surface area (Å²) in [6, 6.07) is 7.55. The predicted molar refractivity (Wildman–Crippen MR) is 69.8 cm³/mol. The lowest BCUT2D eigenvalue weighted by molar-refractivity contribution is 0.368. The molecule has 0 aliphatic rings. The first-order chi connectivity index (χ1) is 8.72. The van der Waals surface area contributed by atoms with Gasteiger partial charge < -0.3 is 4.74 Å². The Morgan fingerprint density at radius 2 is 1.79 bits per heavy atom. The Labute approximate surface area is 111 Å². The Kier molecular flexibility index (Phi) is 4.74. The Morgan fingerprint density at radius 3 is 2.26 bits per heavy atom. The molecule has 0 aliphatic carbocycles. The summed E-state index contributed by atoms with van der Waals surface area (Å²) in [5.41, 5.74) is 0.216. The summed E-state index contributed by atoms with van der Waals surface area (Å²) < 4.78 is 52.0. The fraction of sp³-hybridized carbons (Fsp3) is 0.300. The monoisotopic (exact) mass is 304 g/mol. The minimum Gasteiger partial charge on any atom is -0.479 e. The minimum atomic E-state index is -3.95. The summed E-state index contributed by atoms with van der Waals surface area (Å²) in [5.74, 6) is 0.410. The number of hydrogen-bond acceptors (Lipinski definition) is 6. The van der Waals surface area contributed by atoms with Crippen LogP contribution in [0, 0.1) is 11.3 Å². The fourth-order valence-corrected chi connectivity index (χ4v) is 4.21. The average Bonchev–Trinajstić information content (AvgIpc) is 2.24. The lowest BCUT2D eigenvalue weighted by atomic mass is 10.3. The van der Waals surface area contributed by atoms with Crippen molar-refractivity contribution in [3.8, 4) is 11.8 Å². The topological polar surface area (TPSA) is 113 Å². The standard InChI is InChI=1S/C10H12N2O5S2/c1-18(13,14)8-19(15,16)12-9-2-4-10(5-3-9)17-7-6-11/h2-5,12H,7-8H2,1H3. The van der Waals surface area contributed by atoms with Crippen molar-refractivity contribution in [1.29, 1.82) is 5.26 Å². The molecule has 0 spiro atoms. The summed E-state index contributed by atoms with van der Waals surface area (Å²) in [4.78, 5) is 0. The number of sulfonamides is 1. The third-order valence-corrected chi connectivity index (χ3v) is 5.30. The van der Waals surface area contributed by atoms with Gasteiger partial charge in [0.15, 0.2) is 21.5 Å². The van der Waals surface area contributed by atoms with E-state index < -0.39 is 24.9 Å². The van der Waals surface area contributed by atoms with Crippen molar-refractivity contribution in [2.45, 2.75) is 0 Å². The summed E-state index contributed by atoms with van der Waals surface area (Å²) in [6.07, 6.45) is 0.838. The zero-order chi connectivity index (χ0) is 14.5. The summed E-state index contributed by atoms with van der Waals surface area (Å²) in [6.45, 7) is -0.112. The van der Waals surface area contributed by atoms with Crippen LogP contribution in [0.15, 0.2) is 24.3 Å². The molecule has 7 nitrogen and oxygen atoms in total. The first-order valence-corrected chi connectivity index (χ1v) is 8.71. The smallest absolute Gasteiger partial charge is 0.247 e. The number of nitrogens with one attached hydrogen (secondary N) is 1. The van der Waals surface area contributed by atoms with E-state index in [9.17, 15) is 16.8 Å². The first-order valence-electron chi connectivity index (χ1n) is 5.00. The Hall–Kier alpha value is -1.79. The molecule has 0 aliphatic heterocycles. The van der Waals surface area contributed by atoms with E-state index in [2.05, 4.69) is 4.72 Å². The lowest BCUT2D eigenvalue weighted by Gasteiger charge is -2.08. The van der Waals surface area contributed by atoms with Crippen molar-refractivity contribution in [2.24, 2.45) is 0 Å². The van der Waals surface area contributed by atoms with Crippen LogP contribution in [0.4, 0.5) is 5.69 Å². The molecular formula is C10H12N2O5S2. The quantitative estimate of drug-likeness (QED) is 0.810. The molecule has 0 unspecified atom stereocenters. The molecule has 0 aromatic heterocycles. The number of anilines is 1. The molecule has 0 atom stereocenters. The van der Waals surface area contributed by atoms with Crippen LogP contribution < -0.4 is 9.46 Å². The molecule has 0 amide bonds. The van der Waals surface area contributed by atoms with Crippen LogP contribution in [0.5, 0.6) is 5.75 Å². The van der Waals surface area contributed by atoms with Crippen LogP contribution in [-0.2, 0) is 19.9 Å². The number of nitrogens with zero attached hydrogens (tertiary/aromatic N) is 1. The molecule has 0 saturated heterocycles. The van der Waals surface area contributed by atoms with Crippen molar-refractivity contribution in [1.82, 2.24) is 0 Å². The zero-order valence-corrected chi connectivity index (χ0v) is 11.7. The summed E-state index contributed by atoms with van der Waals surface area (Å²) in [5, 5.41) is 7.34. The summed E-state index contributed by atoms with van der Waals surface area (Å²) in [7, 11) is -7.59. The van der Waals surface area contributed by atoms with E-state index in [0.717, 1.165) is 6.26 Å². The highest BCUT2D eigenvalue weighted by Crippen LogP contribution is 2.16. The van der Waals surface area contributed by atoms with Gasteiger partial charge in [-0.1, -0.05) is 0 Å². The van der Waals surface area contributed by atoms with Crippen molar-refractivity contribution in [2.75, 3.05) is 22.7 Å². The number of sulfone groups is 1. The van der Waals surface area contributed by atoms with E-state index in [-0.39, 0.29) is 12.3 Å². The van der Waals surface area contributed by atoms with Gasteiger partial charge in [-0.15, -0.1) is 0 Å².